The molecule has 0 fully saturated rings. The Morgan fingerprint density at radius 3 is 2.79 bits per heavy atom. The van der Waals surface area contributed by atoms with Gasteiger partial charge in [0.05, 0.1) is 16.6 Å². The average molecular weight is 383 g/mol. The van der Waals surface area contributed by atoms with Crippen molar-refractivity contribution in [2.24, 2.45) is 0 Å². The number of phenols is 1. The van der Waals surface area contributed by atoms with Crippen LogP contribution >= 0.6 is 0 Å². The molecule has 0 aliphatic carbocycles. The number of fused-ring (bicyclic) bond motifs is 2. The van der Waals surface area contributed by atoms with E-state index in [0.717, 1.165) is 16.9 Å². The monoisotopic (exact) mass is 383 g/mol. The number of aryl methyl sites for hydroxylation is 1. The van der Waals surface area contributed by atoms with E-state index in [4.69, 9.17) is 4.84 Å². The zero-order chi connectivity index (χ0) is 19.8. The molecule has 5 rings (SSSR count). The Hall–Kier alpha value is -4.13. The fourth-order valence-electron chi connectivity index (χ4n) is 3.22. The van der Waals surface area contributed by atoms with Crippen molar-refractivity contribution in [1.29, 1.82) is 0 Å². The standard InChI is InChI=1S/C22H17N5O2/c1-15-3-2-4-16(11-15)27(29-18-7-9-26-10-8-23-21(26)13-18)22-19-12-17(28)5-6-20(19)24-14-25-22/h2-14,28H,1H3. The van der Waals surface area contributed by atoms with Crippen LogP contribution in [0.4, 0.5) is 11.5 Å². The molecule has 0 aliphatic heterocycles. The molecule has 0 unspecified atom stereocenters. The molecule has 5 aromatic rings. The third-order valence-electron chi connectivity index (χ3n) is 4.59. The maximum absolute atomic E-state index is 10.0. The molecule has 0 saturated heterocycles. The Kier molecular flexibility index (Phi) is 3.98. The summed E-state index contributed by atoms with van der Waals surface area (Å²) in [5.41, 5.74) is 3.37. The zero-order valence-corrected chi connectivity index (χ0v) is 15.6. The molecular formula is C22H17N5O2. The summed E-state index contributed by atoms with van der Waals surface area (Å²) in [7, 11) is 0. The lowest BCUT2D eigenvalue weighted by atomic mass is 10.2. The van der Waals surface area contributed by atoms with Gasteiger partial charge in [0, 0.05) is 30.7 Å². The molecule has 2 aromatic carbocycles. The minimum Gasteiger partial charge on any atom is -0.508 e. The molecule has 0 spiro atoms. The van der Waals surface area contributed by atoms with Gasteiger partial charge >= 0.3 is 0 Å². The van der Waals surface area contributed by atoms with E-state index in [0.29, 0.717) is 22.5 Å². The van der Waals surface area contributed by atoms with Gasteiger partial charge in [0.25, 0.3) is 0 Å². The number of aromatic hydroxyl groups is 1. The van der Waals surface area contributed by atoms with Crippen LogP contribution in [0.2, 0.25) is 0 Å². The van der Waals surface area contributed by atoms with E-state index in [1.165, 1.54) is 6.33 Å². The molecule has 0 bridgehead atoms. The minimum atomic E-state index is 0.136. The van der Waals surface area contributed by atoms with Crippen molar-refractivity contribution in [3.63, 3.8) is 0 Å². The highest BCUT2D eigenvalue weighted by Gasteiger charge is 2.18. The van der Waals surface area contributed by atoms with Crippen molar-refractivity contribution >= 4 is 28.1 Å². The third kappa shape index (κ3) is 3.19. The van der Waals surface area contributed by atoms with Crippen LogP contribution in [0.15, 0.2) is 79.5 Å². The first-order valence-electron chi connectivity index (χ1n) is 9.09. The molecule has 29 heavy (non-hydrogen) atoms. The molecule has 3 heterocycles. The summed E-state index contributed by atoms with van der Waals surface area (Å²) < 4.78 is 1.90. The second-order valence-corrected chi connectivity index (χ2v) is 6.68. The molecule has 7 heteroatoms. The summed E-state index contributed by atoms with van der Waals surface area (Å²) in [5, 5.41) is 12.3. The second kappa shape index (κ2) is 6.79. The molecule has 142 valence electrons. The first kappa shape index (κ1) is 17.0. The van der Waals surface area contributed by atoms with E-state index in [1.54, 1.807) is 29.5 Å². The molecule has 0 aliphatic rings. The van der Waals surface area contributed by atoms with Crippen LogP contribution in [0.1, 0.15) is 5.56 Å². The van der Waals surface area contributed by atoms with Gasteiger partial charge in [-0.15, -0.1) is 0 Å². The van der Waals surface area contributed by atoms with Crippen molar-refractivity contribution < 1.29 is 9.94 Å². The highest BCUT2D eigenvalue weighted by atomic mass is 16.7. The van der Waals surface area contributed by atoms with Gasteiger partial charge in [0.2, 0.25) is 0 Å². The van der Waals surface area contributed by atoms with E-state index >= 15 is 0 Å². The SMILES string of the molecule is Cc1cccc(N(Oc2ccn3ccnc3c2)c2ncnc3ccc(O)cc23)c1. The van der Waals surface area contributed by atoms with Crippen LogP contribution in [0.25, 0.3) is 16.6 Å². The quantitative estimate of drug-likeness (QED) is 0.463. The number of pyridine rings is 1. The largest absolute Gasteiger partial charge is 0.508 e. The maximum atomic E-state index is 10.0. The van der Waals surface area contributed by atoms with Gasteiger partial charge in [-0.05, 0) is 42.8 Å². The summed E-state index contributed by atoms with van der Waals surface area (Å²) in [6.45, 7) is 2.02. The number of aromatic nitrogens is 4. The van der Waals surface area contributed by atoms with Crippen LogP contribution < -0.4 is 9.90 Å². The van der Waals surface area contributed by atoms with E-state index in [1.807, 2.05) is 60.1 Å². The zero-order valence-electron chi connectivity index (χ0n) is 15.6. The first-order chi connectivity index (χ1) is 14.2. The van der Waals surface area contributed by atoms with Gasteiger partial charge in [0.15, 0.2) is 11.6 Å². The molecule has 3 aromatic heterocycles. The Morgan fingerprint density at radius 1 is 0.966 bits per heavy atom. The van der Waals surface area contributed by atoms with Crippen LogP contribution in [0, 0.1) is 6.92 Å². The lowest BCUT2D eigenvalue weighted by Crippen LogP contribution is -2.23. The van der Waals surface area contributed by atoms with Crippen molar-refractivity contribution in [1.82, 2.24) is 19.4 Å². The Balaban J connectivity index is 1.67. The van der Waals surface area contributed by atoms with Crippen LogP contribution in [0.5, 0.6) is 11.5 Å². The average Bonchev–Trinajstić information content (AvgIpc) is 3.19. The second-order valence-electron chi connectivity index (χ2n) is 6.68. The predicted octanol–water partition coefficient (Wildman–Crippen LogP) is 4.42. The van der Waals surface area contributed by atoms with Crippen LogP contribution in [-0.4, -0.2) is 24.5 Å². The lowest BCUT2D eigenvalue weighted by Gasteiger charge is -2.24. The summed E-state index contributed by atoms with van der Waals surface area (Å²) in [5.74, 6) is 1.27. The number of rotatable bonds is 4. The Bertz CT molecular complexity index is 1330. The highest BCUT2D eigenvalue weighted by molar-refractivity contribution is 5.91. The van der Waals surface area contributed by atoms with Crippen molar-refractivity contribution in [3.8, 4) is 11.5 Å². The van der Waals surface area contributed by atoms with E-state index < -0.39 is 0 Å². The lowest BCUT2D eigenvalue weighted by molar-refractivity contribution is 0.321. The molecule has 0 saturated carbocycles. The molecule has 7 nitrogen and oxygen atoms in total. The molecule has 0 radical (unpaired) electrons. The molecule has 0 amide bonds. The normalized spacial score (nSPS) is 11.1. The Morgan fingerprint density at radius 2 is 1.90 bits per heavy atom. The van der Waals surface area contributed by atoms with Gasteiger partial charge in [-0.25, -0.2) is 15.0 Å². The summed E-state index contributed by atoms with van der Waals surface area (Å²) >= 11 is 0. The third-order valence-corrected chi connectivity index (χ3v) is 4.59. The summed E-state index contributed by atoms with van der Waals surface area (Å²) in [6.07, 6.45) is 6.98. The number of hydrogen-bond donors (Lipinski definition) is 1. The fourth-order valence-corrected chi connectivity index (χ4v) is 3.22. The van der Waals surface area contributed by atoms with Crippen molar-refractivity contribution in [3.05, 3.63) is 85.1 Å². The number of phenolic OH excluding ortho intramolecular Hbond substituents is 1. The van der Waals surface area contributed by atoms with E-state index in [-0.39, 0.29) is 5.75 Å². The number of anilines is 2. The van der Waals surface area contributed by atoms with E-state index in [2.05, 4.69) is 15.0 Å². The van der Waals surface area contributed by atoms with Crippen molar-refractivity contribution in [2.75, 3.05) is 5.06 Å². The van der Waals surface area contributed by atoms with E-state index in [9.17, 15) is 5.11 Å². The maximum Gasteiger partial charge on any atom is 0.180 e. The Labute approximate surface area is 166 Å². The van der Waals surface area contributed by atoms with Crippen LogP contribution in [0.3, 0.4) is 0 Å². The van der Waals surface area contributed by atoms with Gasteiger partial charge in [-0.2, -0.15) is 5.06 Å². The topological polar surface area (TPSA) is 75.8 Å². The smallest absolute Gasteiger partial charge is 0.180 e. The number of benzene rings is 2. The fraction of sp³-hybridized carbons (Fsp3) is 0.0455. The number of hydrogen-bond acceptors (Lipinski definition) is 6. The van der Waals surface area contributed by atoms with Gasteiger partial charge in [-0.1, -0.05) is 12.1 Å². The first-order valence-corrected chi connectivity index (χ1v) is 9.09. The van der Waals surface area contributed by atoms with Gasteiger partial charge in [-0.3, -0.25) is 0 Å². The van der Waals surface area contributed by atoms with Crippen molar-refractivity contribution in [2.45, 2.75) is 6.92 Å². The summed E-state index contributed by atoms with van der Waals surface area (Å²) in [4.78, 5) is 19.3. The van der Waals surface area contributed by atoms with Crippen LogP contribution in [-0.2, 0) is 0 Å². The number of imidazole rings is 1. The summed E-state index contributed by atoms with van der Waals surface area (Å²) in [6, 6.07) is 16.6. The predicted molar refractivity (Wildman–Crippen MR) is 110 cm³/mol. The highest BCUT2D eigenvalue weighted by Crippen LogP contribution is 2.33. The number of nitrogens with zero attached hydrogens (tertiary/aromatic N) is 5. The molecular weight excluding hydrogens is 366 g/mol. The molecule has 0 atom stereocenters. The van der Waals surface area contributed by atoms with Gasteiger partial charge < -0.3 is 14.3 Å². The van der Waals surface area contributed by atoms with Gasteiger partial charge in [0.1, 0.15) is 17.7 Å². The minimum absolute atomic E-state index is 0.136. The molecule has 1 N–H and O–H groups in total.